The van der Waals surface area contributed by atoms with Crippen molar-refractivity contribution < 1.29 is 5.11 Å². The van der Waals surface area contributed by atoms with Crippen molar-refractivity contribution in [1.29, 1.82) is 0 Å². The van der Waals surface area contributed by atoms with E-state index in [1.807, 2.05) is 6.92 Å². The Kier molecular flexibility index (Phi) is 5.14. The number of nitrogens with one attached hydrogen (secondary N) is 2. The van der Waals surface area contributed by atoms with Gasteiger partial charge in [-0.15, -0.1) is 0 Å². The van der Waals surface area contributed by atoms with Gasteiger partial charge >= 0.3 is 0 Å². The van der Waals surface area contributed by atoms with E-state index in [-0.39, 0.29) is 12.1 Å². The van der Waals surface area contributed by atoms with Crippen LogP contribution >= 0.6 is 0 Å². The molecule has 0 spiro atoms. The fourth-order valence-electron chi connectivity index (χ4n) is 2.63. The van der Waals surface area contributed by atoms with Crippen LogP contribution in [0.3, 0.4) is 0 Å². The molecule has 20 heavy (non-hydrogen) atoms. The van der Waals surface area contributed by atoms with E-state index in [0.717, 1.165) is 55.7 Å². The van der Waals surface area contributed by atoms with Crippen LogP contribution in [0, 0.1) is 6.92 Å². The van der Waals surface area contributed by atoms with Crippen molar-refractivity contribution in [2.24, 2.45) is 5.84 Å². The first-order valence-electron chi connectivity index (χ1n) is 7.44. The van der Waals surface area contributed by atoms with Crippen LogP contribution in [0.25, 0.3) is 0 Å². The molecule has 0 saturated heterocycles. The number of aryl methyl sites for hydroxylation is 1. The number of aromatic nitrogens is 2. The molecular formula is C14H25N5O. The summed E-state index contributed by atoms with van der Waals surface area (Å²) in [5.41, 5.74) is 3.52. The number of hydrogen-bond acceptors (Lipinski definition) is 6. The number of rotatable bonds is 5. The van der Waals surface area contributed by atoms with Crippen molar-refractivity contribution in [3.8, 4) is 0 Å². The molecule has 2 unspecified atom stereocenters. The Morgan fingerprint density at radius 1 is 1.25 bits per heavy atom. The Balaban J connectivity index is 2.22. The van der Waals surface area contributed by atoms with Crippen molar-refractivity contribution >= 4 is 11.6 Å². The second kappa shape index (κ2) is 6.85. The lowest BCUT2D eigenvalue weighted by Crippen LogP contribution is -2.37. The van der Waals surface area contributed by atoms with Crippen molar-refractivity contribution in [2.75, 3.05) is 10.7 Å². The summed E-state index contributed by atoms with van der Waals surface area (Å²) in [6.07, 6.45) is 5.56. The highest BCUT2D eigenvalue weighted by Crippen LogP contribution is 2.25. The highest BCUT2D eigenvalue weighted by molar-refractivity contribution is 5.57. The normalized spacial score (nSPS) is 22.6. The van der Waals surface area contributed by atoms with Crippen LogP contribution in [0.4, 0.5) is 11.6 Å². The first kappa shape index (κ1) is 15.0. The van der Waals surface area contributed by atoms with Gasteiger partial charge in [-0.3, -0.25) is 0 Å². The summed E-state index contributed by atoms with van der Waals surface area (Å²) in [6.45, 7) is 4.03. The molecule has 1 aliphatic rings. The zero-order valence-electron chi connectivity index (χ0n) is 12.3. The average molecular weight is 279 g/mol. The minimum atomic E-state index is -0.304. The van der Waals surface area contributed by atoms with Gasteiger partial charge in [-0.1, -0.05) is 19.8 Å². The minimum Gasteiger partial charge on any atom is -0.391 e. The quantitative estimate of drug-likeness (QED) is 0.484. The number of hydrogen-bond donors (Lipinski definition) is 4. The van der Waals surface area contributed by atoms with Gasteiger partial charge in [0.15, 0.2) is 0 Å². The molecule has 2 atom stereocenters. The van der Waals surface area contributed by atoms with Gasteiger partial charge in [0.1, 0.15) is 17.5 Å². The van der Waals surface area contributed by atoms with Crippen LogP contribution in [0.1, 0.15) is 50.4 Å². The molecule has 1 fully saturated rings. The maximum atomic E-state index is 10.1. The SMILES string of the molecule is CCCc1nc(NN)c(C)c(NC2CCCCC2O)n1. The topological polar surface area (TPSA) is 96.1 Å². The summed E-state index contributed by atoms with van der Waals surface area (Å²) in [5, 5.41) is 13.4. The third kappa shape index (κ3) is 3.37. The van der Waals surface area contributed by atoms with Gasteiger partial charge in [0, 0.05) is 12.0 Å². The Labute approximate surface area is 120 Å². The molecule has 0 aromatic carbocycles. The molecule has 0 radical (unpaired) electrons. The Morgan fingerprint density at radius 2 is 1.95 bits per heavy atom. The van der Waals surface area contributed by atoms with Gasteiger partial charge in [-0.05, 0) is 26.2 Å². The molecular weight excluding hydrogens is 254 g/mol. The molecule has 6 heteroatoms. The largest absolute Gasteiger partial charge is 0.391 e. The van der Waals surface area contributed by atoms with Gasteiger partial charge in [0.05, 0.1) is 12.1 Å². The molecule has 1 aliphatic carbocycles. The molecule has 2 rings (SSSR count). The molecule has 5 N–H and O–H groups in total. The zero-order valence-corrected chi connectivity index (χ0v) is 12.3. The van der Waals surface area contributed by atoms with E-state index in [9.17, 15) is 5.11 Å². The van der Waals surface area contributed by atoms with Crippen molar-refractivity contribution in [1.82, 2.24) is 9.97 Å². The first-order valence-corrected chi connectivity index (χ1v) is 7.44. The fourth-order valence-corrected chi connectivity index (χ4v) is 2.63. The Bertz CT molecular complexity index is 451. The molecule has 112 valence electrons. The van der Waals surface area contributed by atoms with Gasteiger partial charge in [-0.25, -0.2) is 15.8 Å². The van der Waals surface area contributed by atoms with Crippen molar-refractivity contribution in [3.63, 3.8) is 0 Å². The van der Waals surface area contributed by atoms with Crippen LogP contribution in [-0.4, -0.2) is 27.2 Å². The van der Waals surface area contributed by atoms with Gasteiger partial charge < -0.3 is 15.8 Å². The molecule has 1 heterocycles. The highest BCUT2D eigenvalue weighted by atomic mass is 16.3. The van der Waals surface area contributed by atoms with Crippen molar-refractivity contribution in [2.45, 2.75) is 64.5 Å². The summed E-state index contributed by atoms with van der Waals surface area (Å²) < 4.78 is 0. The number of anilines is 2. The Morgan fingerprint density at radius 3 is 2.60 bits per heavy atom. The molecule has 1 aromatic heterocycles. The standard InChI is InChI=1S/C14H25N5O/c1-3-6-12-17-13(9(2)14(18-12)19-15)16-10-7-4-5-8-11(10)20/h10-11,20H,3-8,15H2,1-2H3,(H2,16,17,18,19). The van der Waals surface area contributed by atoms with E-state index in [1.165, 1.54) is 0 Å². The van der Waals surface area contributed by atoms with E-state index in [2.05, 4.69) is 27.6 Å². The van der Waals surface area contributed by atoms with E-state index < -0.39 is 0 Å². The fraction of sp³-hybridized carbons (Fsp3) is 0.714. The van der Waals surface area contributed by atoms with Crippen LogP contribution in [-0.2, 0) is 6.42 Å². The van der Waals surface area contributed by atoms with Crippen molar-refractivity contribution in [3.05, 3.63) is 11.4 Å². The summed E-state index contributed by atoms with van der Waals surface area (Å²) in [5.74, 6) is 7.73. The maximum absolute atomic E-state index is 10.1. The third-order valence-corrected chi connectivity index (χ3v) is 3.85. The smallest absolute Gasteiger partial charge is 0.148 e. The lowest BCUT2D eigenvalue weighted by atomic mass is 9.92. The minimum absolute atomic E-state index is 0.0671. The second-order valence-corrected chi connectivity index (χ2v) is 5.46. The zero-order chi connectivity index (χ0) is 14.5. The molecule has 1 aromatic rings. The summed E-state index contributed by atoms with van der Waals surface area (Å²) in [4.78, 5) is 8.97. The average Bonchev–Trinajstić information content (AvgIpc) is 2.45. The summed E-state index contributed by atoms with van der Waals surface area (Å²) >= 11 is 0. The van der Waals surface area contributed by atoms with E-state index in [0.29, 0.717) is 5.82 Å². The van der Waals surface area contributed by atoms with E-state index in [4.69, 9.17) is 5.84 Å². The predicted octanol–water partition coefficient (Wildman–Crippen LogP) is 1.74. The number of hydrazine groups is 1. The number of nitrogen functional groups attached to an aromatic ring is 1. The van der Waals surface area contributed by atoms with E-state index in [1.54, 1.807) is 0 Å². The van der Waals surface area contributed by atoms with E-state index >= 15 is 0 Å². The van der Waals surface area contributed by atoms with Crippen LogP contribution in [0.15, 0.2) is 0 Å². The van der Waals surface area contributed by atoms with Crippen LogP contribution in [0.2, 0.25) is 0 Å². The first-order chi connectivity index (χ1) is 9.65. The highest BCUT2D eigenvalue weighted by Gasteiger charge is 2.24. The lowest BCUT2D eigenvalue weighted by Gasteiger charge is -2.29. The summed E-state index contributed by atoms with van der Waals surface area (Å²) in [6, 6.07) is 0.0671. The second-order valence-electron chi connectivity index (χ2n) is 5.46. The van der Waals surface area contributed by atoms with Gasteiger partial charge in [-0.2, -0.15) is 0 Å². The Hall–Kier alpha value is -1.40. The molecule has 0 bridgehead atoms. The lowest BCUT2D eigenvalue weighted by molar-refractivity contribution is 0.116. The summed E-state index contributed by atoms with van der Waals surface area (Å²) in [7, 11) is 0. The van der Waals surface area contributed by atoms with Gasteiger partial charge in [0.2, 0.25) is 0 Å². The number of aliphatic hydroxyl groups is 1. The molecule has 1 saturated carbocycles. The molecule has 6 nitrogen and oxygen atoms in total. The number of nitrogens with zero attached hydrogens (tertiary/aromatic N) is 2. The monoisotopic (exact) mass is 279 g/mol. The molecule has 0 aliphatic heterocycles. The van der Waals surface area contributed by atoms with Crippen LogP contribution in [0.5, 0.6) is 0 Å². The molecule has 0 amide bonds. The third-order valence-electron chi connectivity index (χ3n) is 3.85. The number of aliphatic hydroxyl groups excluding tert-OH is 1. The van der Waals surface area contributed by atoms with Gasteiger partial charge in [0.25, 0.3) is 0 Å². The van der Waals surface area contributed by atoms with Crippen LogP contribution < -0.4 is 16.6 Å². The number of nitrogens with two attached hydrogens (primary N) is 1. The maximum Gasteiger partial charge on any atom is 0.148 e. The predicted molar refractivity (Wildman–Crippen MR) is 80.5 cm³/mol.